The molecule has 8 aromatic carbocycles. The standard InChI is InChI=1S/C69H62N4O/c1-67(2,3)46-36-39-70-64(41-46)73-61-30-14-13-26-55(61)56-34-33-49(43-63(56)73)74-48-21-17-20-47(42-48)71-44-72-65-50(45-32-35-59-60(40-45)69(6,7)38-16-8-15-37-68(59,4)5)27-18-28-57(65)53-24-11-9-22-51(53)52-23-10-12-25-54(52)58-29-19-31-62(71)66(58)72/h9-14,17-36,39-43H,8,15-16,37-38H2,1-7H3. The minimum Gasteiger partial charge on any atom is -0.458 e. The van der Waals surface area contributed by atoms with Crippen molar-refractivity contribution >= 4 is 32.8 Å². The molecule has 5 heteroatoms. The van der Waals surface area contributed by atoms with Crippen molar-refractivity contribution in [2.24, 2.45) is 0 Å². The first kappa shape index (κ1) is 45.8. The third-order valence-corrected chi connectivity index (χ3v) is 16.4. The van der Waals surface area contributed by atoms with E-state index in [2.05, 4.69) is 244 Å². The van der Waals surface area contributed by atoms with E-state index >= 15 is 0 Å². The van der Waals surface area contributed by atoms with Crippen molar-refractivity contribution < 1.29 is 9.30 Å². The smallest absolute Gasteiger partial charge is 0.269 e. The highest BCUT2D eigenvalue weighted by Crippen LogP contribution is 2.48. The molecule has 5 nitrogen and oxygen atoms in total. The summed E-state index contributed by atoms with van der Waals surface area (Å²) in [7, 11) is 0. The Morgan fingerprint density at radius 2 is 1.12 bits per heavy atom. The van der Waals surface area contributed by atoms with Crippen molar-refractivity contribution in [1.29, 1.82) is 0 Å². The molecule has 2 aliphatic rings. The minimum absolute atomic E-state index is 0.0225. The number of imidazole rings is 1. The van der Waals surface area contributed by atoms with E-state index < -0.39 is 0 Å². The lowest BCUT2D eigenvalue weighted by Crippen LogP contribution is -2.32. The van der Waals surface area contributed by atoms with Crippen LogP contribution in [0.4, 0.5) is 0 Å². The number of hydrogen-bond donors (Lipinski definition) is 0. The molecule has 0 saturated heterocycles. The van der Waals surface area contributed by atoms with Gasteiger partial charge >= 0.3 is 0 Å². The summed E-state index contributed by atoms with van der Waals surface area (Å²) in [4.78, 5) is 4.93. The molecule has 0 bridgehead atoms. The second kappa shape index (κ2) is 17.3. The molecule has 0 saturated carbocycles. The Bertz CT molecular complexity index is 4020. The lowest BCUT2D eigenvalue weighted by molar-refractivity contribution is -0.570. The molecule has 13 rings (SSSR count). The Labute approximate surface area is 435 Å². The van der Waals surface area contributed by atoms with Gasteiger partial charge in [0, 0.05) is 23.0 Å². The van der Waals surface area contributed by atoms with Crippen LogP contribution < -0.4 is 9.30 Å². The van der Waals surface area contributed by atoms with Gasteiger partial charge < -0.3 is 4.74 Å². The lowest BCUT2D eigenvalue weighted by atomic mass is 9.70. The van der Waals surface area contributed by atoms with E-state index in [0.29, 0.717) is 0 Å². The van der Waals surface area contributed by atoms with Crippen molar-refractivity contribution in [3.8, 4) is 73.2 Å². The largest absolute Gasteiger partial charge is 0.458 e. The maximum Gasteiger partial charge on any atom is 0.269 e. The van der Waals surface area contributed by atoms with Crippen LogP contribution in [0.2, 0.25) is 0 Å². The van der Waals surface area contributed by atoms with Crippen molar-refractivity contribution in [1.82, 2.24) is 14.1 Å². The summed E-state index contributed by atoms with van der Waals surface area (Å²) in [6.07, 6.45) is 12.1. The summed E-state index contributed by atoms with van der Waals surface area (Å²) >= 11 is 0. The van der Waals surface area contributed by atoms with Gasteiger partial charge in [-0.05, 0) is 139 Å². The van der Waals surface area contributed by atoms with Crippen LogP contribution in [0.1, 0.15) is 97.3 Å². The zero-order valence-electron chi connectivity index (χ0n) is 43.6. The van der Waals surface area contributed by atoms with E-state index in [4.69, 9.17) is 9.72 Å². The van der Waals surface area contributed by atoms with Crippen LogP contribution in [0.3, 0.4) is 0 Å². The van der Waals surface area contributed by atoms with Crippen molar-refractivity contribution in [2.45, 2.75) is 96.8 Å². The molecule has 4 heterocycles. The fourth-order valence-electron chi connectivity index (χ4n) is 12.4. The van der Waals surface area contributed by atoms with E-state index in [1.165, 1.54) is 93.1 Å². The SMILES string of the molecule is CC(C)(C)c1ccnc(-n2c3ccccc3c3ccc(Oc4cccc(-n5[c-][n+]6c7c(cccc75)-c5ccccc5-c5ccccc5-c5cccc(-c7ccc8c(c7)C(C)(C)CCCCCC8(C)C)c5-6)c4)cc32)c1. The van der Waals surface area contributed by atoms with Gasteiger partial charge in [-0.25, -0.2) is 4.98 Å². The number of benzene rings is 8. The summed E-state index contributed by atoms with van der Waals surface area (Å²) in [5.41, 5.74) is 20.2. The fraction of sp³-hybridized carbons (Fsp3) is 0.217. The normalized spacial score (nSPS) is 14.9. The number of pyridine rings is 1. The molecule has 1 aliphatic carbocycles. The Morgan fingerprint density at radius 3 is 1.89 bits per heavy atom. The Morgan fingerprint density at radius 1 is 0.514 bits per heavy atom. The molecule has 3 aromatic heterocycles. The van der Waals surface area contributed by atoms with E-state index in [0.717, 1.165) is 61.7 Å². The molecule has 1 aliphatic heterocycles. The van der Waals surface area contributed by atoms with Gasteiger partial charge in [0.1, 0.15) is 17.3 Å². The highest BCUT2D eigenvalue weighted by atomic mass is 16.5. The molecular weight excluding hydrogens is 901 g/mol. The van der Waals surface area contributed by atoms with Crippen molar-refractivity contribution in [3.05, 3.63) is 211 Å². The average Bonchev–Trinajstić information content (AvgIpc) is 3.98. The van der Waals surface area contributed by atoms with Crippen LogP contribution in [-0.2, 0) is 16.2 Å². The maximum atomic E-state index is 6.90. The molecule has 0 spiro atoms. The van der Waals surface area contributed by atoms with Crippen LogP contribution in [0.25, 0.3) is 94.5 Å². The molecule has 364 valence electrons. The van der Waals surface area contributed by atoms with Gasteiger partial charge in [0.25, 0.3) is 6.33 Å². The second-order valence-corrected chi connectivity index (χ2v) is 23.1. The van der Waals surface area contributed by atoms with Gasteiger partial charge in [-0.1, -0.05) is 195 Å². The third kappa shape index (κ3) is 7.58. The van der Waals surface area contributed by atoms with Gasteiger partial charge in [0.2, 0.25) is 0 Å². The number of ether oxygens (including phenoxy) is 1. The number of nitrogens with zero attached hydrogens (tertiary/aromatic N) is 4. The number of rotatable bonds is 5. The first-order valence-electron chi connectivity index (χ1n) is 26.6. The van der Waals surface area contributed by atoms with Crippen LogP contribution >= 0.6 is 0 Å². The molecule has 0 atom stereocenters. The monoisotopic (exact) mass is 962 g/mol. The predicted molar refractivity (Wildman–Crippen MR) is 305 cm³/mol. The van der Waals surface area contributed by atoms with Gasteiger partial charge in [0.05, 0.1) is 33.4 Å². The topological polar surface area (TPSA) is 35.9 Å². The molecular formula is C69H62N4O. The van der Waals surface area contributed by atoms with Crippen LogP contribution in [0.15, 0.2) is 188 Å². The van der Waals surface area contributed by atoms with Crippen molar-refractivity contribution in [2.75, 3.05) is 0 Å². The fourth-order valence-corrected chi connectivity index (χ4v) is 12.4. The van der Waals surface area contributed by atoms with Crippen LogP contribution in [0, 0.1) is 6.33 Å². The second-order valence-electron chi connectivity index (χ2n) is 23.1. The Kier molecular flexibility index (Phi) is 10.7. The molecule has 0 N–H and O–H groups in total. The summed E-state index contributed by atoms with van der Waals surface area (Å²) in [6.45, 7) is 16.6. The summed E-state index contributed by atoms with van der Waals surface area (Å²) in [5, 5.41) is 2.33. The molecule has 0 fully saturated rings. The average molecular weight is 963 g/mol. The molecule has 0 amide bonds. The predicted octanol–water partition coefficient (Wildman–Crippen LogP) is 17.8. The number of aromatic nitrogens is 4. The van der Waals surface area contributed by atoms with E-state index in [9.17, 15) is 0 Å². The molecule has 74 heavy (non-hydrogen) atoms. The number of fused-ring (bicyclic) bond motifs is 11. The number of para-hydroxylation sites is 3. The van der Waals surface area contributed by atoms with Crippen molar-refractivity contribution in [3.63, 3.8) is 0 Å². The van der Waals surface area contributed by atoms with E-state index in [1.807, 2.05) is 12.3 Å². The third-order valence-electron chi connectivity index (χ3n) is 16.4. The van der Waals surface area contributed by atoms with Crippen LogP contribution in [0.5, 0.6) is 11.5 Å². The summed E-state index contributed by atoms with van der Waals surface area (Å²) < 4.78 is 13.8. The summed E-state index contributed by atoms with van der Waals surface area (Å²) in [6, 6.07) is 66.7. The van der Waals surface area contributed by atoms with Crippen LogP contribution in [-0.4, -0.2) is 14.1 Å². The highest BCUT2D eigenvalue weighted by Gasteiger charge is 2.33. The quantitative estimate of drug-likeness (QED) is 0.127. The number of hydrogen-bond acceptors (Lipinski definition) is 2. The summed E-state index contributed by atoms with van der Waals surface area (Å²) in [5.74, 6) is 2.37. The Hall–Kier alpha value is -8.02. The van der Waals surface area contributed by atoms with Gasteiger partial charge in [0.15, 0.2) is 0 Å². The molecule has 11 aromatic rings. The van der Waals surface area contributed by atoms with E-state index in [-0.39, 0.29) is 16.2 Å². The van der Waals surface area contributed by atoms with Gasteiger partial charge in [-0.2, -0.15) is 0 Å². The lowest BCUT2D eigenvalue weighted by Gasteiger charge is -2.34. The zero-order valence-corrected chi connectivity index (χ0v) is 43.6. The Balaban J connectivity index is 0.997. The van der Waals surface area contributed by atoms with Gasteiger partial charge in [-0.15, -0.1) is 0 Å². The maximum absolute atomic E-state index is 6.90. The minimum atomic E-state index is -0.0225. The first-order valence-corrected chi connectivity index (χ1v) is 26.6. The van der Waals surface area contributed by atoms with E-state index in [1.54, 1.807) is 0 Å². The zero-order chi connectivity index (χ0) is 50.5. The van der Waals surface area contributed by atoms with Gasteiger partial charge in [-0.3, -0.25) is 13.7 Å². The molecule has 0 radical (unpaired) electrons. The molecule has 0 unspecified atom stereocenters. The highest BCUT2D eigenvalue weighted by molar-refractivity contribution is 6.09. The first-order chi connectivity index (χ1) is 35.8.